The van der Waals surface area contributed by atoms with Crippen molar-refractivity contribution >= 4 is 12.0 Å². The number of carbonyl (C=O) groups excluding carboxylic acids is 1. The molecule has 3 heteroatoms. The van der Waals surface area contributed by atoms with Gasteiger partial charge in [0.05, 0.1) is 0 Å². The standard InChI is InChI=1S/C15H16N2O/c1-2-17(11-13-7-9-16-10-8-13)15-5-3-14(12-18)4-6-15/h3-10,12H,2,11H2,1H3. The molecule has 3 nitrogen and oxygen atoms in total. The van der Waals surface area contributed by atoms with E-state index < -0.39 is 0 Å². The van der Waals surface area contributed by atoms with E-state index in [4.69, 9.17) is 0 Å². The lowest BCUT2D eigenvalue weighted by Gasteiger charge is -2.23. The molecule has 0 bridgehead atoms. The highest BCUT2D eigenvalue weighted by Gasteiger charge is 2.05. The van der Waals surface area contributed by atoms with Gasteiger partial charge in [-0.05, 0) is 48.9 Å². The van der Waals surface area contributed by atoms with Crippen LogP contribution in [0.25, 0.3) is 0 Å². The number of hydrogen-bond acceptors (Lipinski definition) is 3. The third-order valence-electron chi connectivity index (χ3n) is 2.90. The predicted molar refractivity (Wildman–Crippen MR) is 72.8 cm³/mol. The second-order valence-corrected chi connectivity index (χ2v) is 4.08. The highest BCUT2D eigenvalue weighted by Crippen LogP contribution is 2.17. The van der Waals surface area contributed by atoms with Crippen molar-refractivity contribution in [1.29, 1.82) is 0 Å². The smallest absolute Gasteiger partial charge is 0.150 e. The highest BCUT2D eigenvalue weighted by molar-refractivity contribution is 5.75. The van der Waals surface area contributed by atoms with Gasteiger partial charge in [0, 0.05) is 36.7 Å². The number of anilines is 1. The Kier molecular flexibility index (Phi) is 4.07. The van der Waals surface area contributed by atoms with Crippen LogP contribution in [0.5, 0.6) is 0 Å². The minimum absolute atomic E-state index is 0.707. The largest absolute Gasteiger partial charge is 0.367 e. The van der Waals surface area contributed by atoms with E-state index >= 15 is 0 Å². The van der Waals surface area contributed by atoms with Crippen LogP contribution in [0.4, 0.5) is 5.69 Å². The fraction of sp³-hybridized carbons (Fsp3) is 0.200. The lowest BCUT2D eigenvalue weighted by molar-refractivity contribution is 0.112. The zero-order valence-corrected chi connectivity index (χ0v) is 10.4. The Morgan fingerprint density at radius 3 is 2.33 bits per heavy atom. The molecule has 0 amide bonds. The van der Waals surface area contributed by atoms with Crippen LogP contribution < -0.4 is 4.90 Å². The first kappa shape index (κ1) is 12.3. The third kappa shape index (κ3) is 2.94. The fourth-order valence-electron chi connectivity index (χ4n) is 1.86. The van der Waals surface area contributed by atoms with Crippen molar-refractivity contribution in [3.63, 3.8) is 0 Å². The first-order valence-corrected chi connectivity index (χ1v) is 6.02. The number of aldehydes is 1. The van der Waals surface area contributed by atoms with E-state index in [-0.39, 0.29) is 0 Å². The minimum Gasteiger partial charge on any atom is -0.367 e. The molecule has 0 aliphatic rings. The summed E-state index contributed by atoms with van der Waals surface area (Å²) in [6, 6.07) is 11.7. The number of hydrogen-bond donors (Lipinski definition) is 0. The molecule has 0 atom stereocenters. The molecule has 0 radical (unpaired) electrons. The van der Waals surface area contributed by atoms with Crippen LogP contribution in [0.15, 0.2) is 48.8 Å². The number of carbonyl (C=O) groups is 1. The Hall–Kier alpha value is -2.16. The molecule has 0 fully saturated rings. The van der Waals surface area contributed by atoms with Gasteiger partial charge >= 0.3 is 0 Å². The summed E-state index contributed by atoms with van der Waals surface area (Å²) in [6.07, 6.45) is 4.47. The Balaban J connectivity index is 2.15. The van der Waals surface area contributed by atoms with E-state index in [2.05, 4.69) is 16.8 Å². The Bertz CT molecular complexity index is 494. The van der Waals surface area contributed by atoms with Crippen LogP contribution in [0.1, 0.15) is 22.8 Å². The van der Waals surface area contributed by atoms with Crippen LogP contribution in [0.2, 0.25) is 0 Å². The van der Waals surface area contributed by atoms with Crippen LogP contribution in [-0.4, -0.2) is 17.8 Å². The maximum Gasteiger partial charge on any atom is 0.150 e. The number of pyridine rings is 1. The van der Waals surface area contributed by atoms with Gasteiger partial charge in [-0.1, -0.05) is 0 Å². The molecule has 92 valence electrons. The van der Waals surface area contributed by atoms with Gasteiger partial charge in [0.1, 0.15) is 6.29 Å². The zero-order chi connectivity index (χ0) is 12.8. The average molecular weight is 240 g/mol. The van der Waals surface area contributed by atoms with E-state index in [0.717, 1.165) is 25.1 Å². The molecule has 2 rings (SSSR count). The van der Waals surface area contributed by atoms with Gasteiger partial charge in [0.25, 0.3) is 0 Å². The average Bonchev–Trinajstić information content (AvgIpc) is 2.46. The van der Waals surface area contributed by atoms with Crippen LogP contribution in [0, 0.1) is 0 Å². The molecule has 1 aromatic carbocycles. The van der Waals surface area contributed by atoms with Crippen LogP contribution in [0.3, 0.4) is 0 Å². The summed E-state index contributed by atoms with van der Waals surface area (Å²) in [5.41, 5.74) is 3.06. The number of rotatable bonds is 5. The molecule has 0 aliphatic carbocycles. The second-order valence-electron chi connectivity index (χ2n) is 4.08. The summed E-state index contributed by atoms with van der Waals surface area (Å²) >= 11 is 0. The predicted octanol–water partition coefficient (Wildman–Crippen LogP) is 2.92. The summed E-state index contributed by atoms with van der Waals surface area (Å²) in [7, 11) is 0. The summed E-state index contributed by atoms with van der Waals surface area (Å²) in [5, 5.41) is 0. The molecule has 1 aromatic heterocycles. The molecule has 0 spiro atoms. The van der Waals surface area contributed by atoms with Gasteiger partial charge in [0.15, 0.2) is 0 Å². The third-order valence-corrected chi connectivity index (χ3v) is 2.90. The Labute approximate surface area is 107 Å². The number of nitrogens with zero attached hydrogens (tertiary/aromatic N) is 2. The summed E-state index contributed by atoms with van der Waals surface area (Å²) < 4.78 is 0. The molecule has 18 heavy (non-hydrogen) atoms. The molecule has 2 aromatic rings. The summed E-state index contributed by atoms with van der Waals surface area (Å²) in [4.78, 5) is 16.9. The molecule has 0 saturated heterocycles. The van der Waals surface area contributed by atoms with Crippen molar-refractivity contribution in [3.8, 4) is 0 Å². The van der Waals surface area contributed by atoms with Crippen LogP contribution >= 0.6 is 0 Å². The zero-order valence-electron chi connectivity index (χ0n) is 10.4. The molecule has 0 aliphatic heterocycles. The van der Waals surface area contributed by atoms with Gasteiger partial charge in [-0.2, -0.15) is 0 Å². The van der Waals surface area contributed by atoms with Gasteiger partial charge in [-0.15, -0.1) is 0 Å². The number of aromatic nitrogens is 1. The molecule has 0 unspecified atom stereocenters. The van der Waals surface area contributed by atoms with E-state index in [9.17, 15) is 4.79 Å². The van der Waals surface area contributed by atoms with E-state index in [1.54, 1.807) is 12.4 Å². The molecule has 0 N–H and O–H groups in total. The topological polar surface area (TPSA) is 33.2 Å². The van der Waals surface area contributed by atoms with Crippen LogP contribution in [-0.2, 0) is 6.54 Å². The monoisotopic (exact) mass is 240 g/mol. The second kappa shape index (κ2) is 5.96. The lowest BCUT2D eigenvalue weighted by Crippen LogP contribution is -2.21. The SMILES string of the molecule is CCN(Cc1ccncc1)c1ccc(C=O)cc1. The maximum absolute atomic E-state index is 10.6. The first-order valence-electron chi connectivity index (χ1n) is 6.02. The Morgan fingerprint density at radius 2 is 1.78 bits per heavy atom. The van der Waals surface area contributed by atoms with Gasteiger partial charge in [-0.3, -0.25) is 9.78 Å². The van der Waals surface area contributed by atoms with Crippen molar-refractivity contribution in [3.05, 3.63) is 59.9 Å². The van der Waals surface area contributed by atoms with Gasteiger partial charge < -0.3 is 4.90 Å². The van der Waals surface area contributed by atoms with Crippen molar-refractivity contribution in [1.82, 2.24) is 4.98 Å². The minimum atomic E-state index is 0.707. The quantitative estimate of drug-likeness (QED) is 0.753. The molecule has 0 saturated carbocycles. The van der Waals surface area contributed by atoms with Crippen molar-refractivity contribution in [2.75, 3.05) is 11.4 Å². The molecule has 1 heterocycles. The lowest BCUT2D eigenvalue weighted by atomic mass is 10.2. The van der Waals surface area contributed by atoms with E-state index in [0.29, 0.717) is 5.56 Å². The van der Waals surface area contributed by atoms with E-state index in [1.165, 1.54) is 5.56 Å². The first-order chi connectivity index (χ1) is 8.83. The van der Waals surface area contributed by atoms with Gasteiger partial charge in [-0.25, -0.2) is 0 Å². The summed E-state index contributed by atoms with van der Waals surface area (Å²) in [5.74, 6) is 0. The maximum atomic E-state index is 10.6. The fourth-order valence-corrected chi connectivity index (χ4v) is 1.86. The van der Waals surface area contributed by atoms with Crippen molar-refractivity contribution in [2.24, 2.45) is 0 Å². The van der Waals surface area contributed by atoms with Crippen molar-refractivity contribution in [2.45, 2.75) is 13.5 Å². The summed E-state index contributed by atoms with van der Waals surface area (Å²) in [6.45, 7) is 3.89. The highest BCUT2D eigenvalue weighted by atomic mass is 16.1. The molecular weight excluding hydrogens is 224 g/mol. The normalized spacial score (nSPS) is 10.1. The molecular formula is C15H16N2O. The van der Waals surface area contributed by atoms with E-state index in [1.807, 2.05) is 36.4 Å². The Morgan fingerprint density at radius 1 is 1.11 bits per heavy atom. The van der Waals surface area contributed by atoms with Gasteiger partial charge in [0.2, 0.25) is 0 Å². The van der Waals surface area contributed by atoms with Crippen molar-refractivity contribution < 1.29 is 4.79 Å². The number of benzene rings is 1.